The van der Waals surface area contributed by atoms with Crippen LogP contribution in [-0.2, 0) is 25.7 Å². The van der Waals surface area contributed by atoms with Crippen molar-refractivity contribution in [3.8, 4) is 6.07 Å². The molecule has 4 atom stereocenters. The third-order valence-corrected chi connectivity index (χ3v) is 7.27. The summed E-state index contributed by atoms with van der Waals surface area (Å²) in [6.45, 7) is -0.275. The summed E-state index contributed by atoms with van der Waals surface area (Å²) in [6.07, 6.45) is -4.32. The molecule has 0 unspecified atom stereocenters. The summed E-state index contributed by atoms with van der Waals surface area (Å²) in [5.74, 6) is -2.65. The molecule has 0 fully saturated rings. The maximum atomic E-state index is 15.0. The van der Waals surface area contributed by atoms with E-state index in [1.807, 2.05) is 6.07 Å². The molecule has 0 aliphatic heterocycles. The van der Waals surface area contributed by atoms with Crippen LogP contribution in [0.3, 0.4) is 0 Å². The van der Waals surface area contributed by atoms with Crippen LogP contribution in [-0.4, -0.2) is 46.7 Å². The van der Waals surface area contributed by atoms with Gasteiger partial charge >= 0.3 is 0 Å². The van der Waals surface area contributed by atoms with Gasteiger partial charge in [-0.05, 0) is 41.3 Å². The average Bonchev–Trinajstić information content (AvgIpc) is 3.08. The molecule has 0 amide bonds. The highest BCUT2D eigenvalue weighted by Crippen LogP contribution is 2.48. The van der Waals surface area contributed by atoms with Gasteiger partial charge in [-0.2, -0.15) is 5.26 Å². The van der Waals surface area contributed by atoms with Gasteiger partial charge in [0.2, 0.25) is 0 Å². The maximum absolute atomic E-state index is 15.0. The van der Waals surface area contributed by atoms with Crippen molar-refractivity contribution in [2.24, 2.45) is 0 Å². The number of carbonyl (C=O) groups excluding carboxylic acids is 1. The zero-order chi connectivity index (χ0) is 24.1. The molecule has 10 heteroatoms. The quantitative estimate of drug-likeness (QED) is 0.607. The Morgan fingerprint density at radius 2 is 1.94 bits per heavy atom. The summed E-state index contributed by atoms with van der Waals surface area (Å²) in [6, 6.07) is 6.45. The van der Waals surface area contributed by atoms with E-state index in [0.717, 1.165) is 18.4 Å². The molecule has 2 aromatic rings. The number of halogens is 3. The number of sulfone groups is 1. The van der Waals surface area contributed by atoms with Crippen molar-refractivity contribution in [1.29, 1.82) is 5.26 Å². The van der Waals surface area contributed by atoms with Crippen LogP contribution in [0.2, 0.25) is 0 Å². The molecule has 0 aromatic heterocycles. The van der Waals surface area contributed by atoms with Crippen molar-refractivity contribution in [2.75, 3.05) is 20.2 Å². The lowest BCUT2D eigenvalue weighted by molar-refractivity contribution is -0.0939. The monoisotopic (exact) mass is 479 g/mol. The van der Waals surface area contributed by atoms with E-state index in [2.05, 4.69) is 0 Å². The highest BCUT2D eigenvalue weighted by Gasteiger charge is 2.43. The highest BCUT2D eigenvalue weighted by molar-refractivity contribution is 7.90. The fraction of sp³-hybridized carbons (Fsp3) is 0.391. The van der Waals surface area contributed by atoms with Crippen LogP contribution in [0.25, 0.3) is 0 Å². The SMILES string of the molecule is COCO[C@H]1c2c(S(C)(=O)=O)ccc([C@H]3C[C@H](F)C(=O)c4cc(F)cc(C#N)c43)c2C[C@H]1F. The number of rotatable bonds is 5. The Hall–Kier alpha value is -2.74. The molecule has 0 spiro atoms. The van der Waals surface area contributed by atoms with E-state index in [1.54, 1.807) is 0 Å². The van der Waals surface area contributed by atoms with Crippen LogP contribution in [0, 0.1) is 17.1 Å². The minimum absolute atomic E-state index is 0.119. The van der Waals surface area contributed by atoms with Crippen LogP contribution < -0.4 is 0 Å². The summed E-state index contributed by atoms with van der Waals surface area (Å²) in [7, 11) is -2.43. The van der Waals surface area contributed by atoms with Gasteiger partial charge in [-0.3, -0.25) is 4.79 Å². The van der Waals surface area contributed by atoms with Crippen LogP contribution in [0.15, 0.2) is 29.2 Å². The molecule has 0 heterocycles. The Labute approximate surface area is 188 Å². The summed E-state index contributed by atoms with van der Waals surface area (Å²) >= 11 is 0. The third-order valence-electron chi connectivity index (χ3n) is 6.11. The van der Waals surface area contributed by atoms with Crippen molar-refractivity contribution in [2.45, 2.75) is 42.1 Å². The lowest BCUT2D eigenvalue weighted by Gasteiger charge is -2.30. The molecule has 2 aliphatic carbocycles. The predicted molar refractivity (Wildman–Crippen MR) is 111 cm³/mol. The van der Waals surface area contributed by atoms with Gasteiger partial charge in [0.1, 0.15) is 24.9 Å². The van der Waals surface area contributed by atoms with Gasteiger partial charge in [0.25, 0.3) is 0 Å². The molecule has 0 radical (unpaired) electrons. The number of ketones is 1. The highest BCUT2D eigenvalue weighted by atomic mass is 32.2. The zero-order valence-corrected chi connectivity index (χ0v) is 18.6. The van der Waals surface area contributed by atoms with Crippen molar-refractivity contribution in [3.63, 3.8) is 0 Å². The Kier molecular flexibility index (Phi) is 6.07. The number of nitrogens with zero attached hydrogens (tertiary/aromatic N) is 1. The first-order valence-electron chi connectivity index (χ1n) is 10.1. The van der Waals surface area contributed by atoms with Gasteiger partial charge in [-0.25, -0.2) is 21.6 Å². The van der Waals surface area contributed by atoms with E-state index >= 15 is 4.39 Å². The second kappa shape index (κ2) is 8.56. The largest absolute Gasteiger partial charge is 0.359 e. The van der Waals surface area contributed by atoms with Gasteiger partial charge < -0.3 is 9.47 Å². The lowest BCUT2D eigenvalue weighted by atomic mass is 9.74. The Morgan fingerprint density at radius 1 is 1.21 bits per heavy atom. The molecule has 2 aliphatic rings. The Balaban J connectivity index is 1.98. The maximum Gasteiger partial charge on any atom is 0.197 e. The fourth-order valence-corrected chi connectivity index (χ4v) is 5.79. The molecule has 0 N–H and O–H groups in total. The number of fused-ring (bicyclic) bond motifs is 2. The number of benzene rings is 2. The summed E-state index contributed by atoms with van der Waals surface area (Å²) in [4.78, 5) is 12.3. The number of carbonyl (C=O) groups is 1. The average molecular weight is 479 g/mol. The van der Waals surface area contributed by atoms with Gasteiger partial charge in [0.05, 0.1) is 16.5 Å². The zero-order valence-electron chi connectivity index (χ0n) is 17.8. The first-order valence-corrected chi connectivity index (χ1v) is 12.0. The number of hydrogen-bond acceptors (Lipinski definition) is 6. The second-order valence-electron chi connectivity index (χ2n) is 8.18. The third kappa shape index (κ3) is 3.94. The van der Waals surface area contributed by atoms with Crippen LogP contribution >= 0.6 is 0 Å². The molecular weight excluding hydrogens is 459 g/mol. The minimum atomic E-state index is -3.77. The van der Waals surface area contributed by atoms with E-state index in [-0.39, 0.29) is 46.8 Å². The summed E-state index contributed by atoms with van der Waals surface area (Å²) in [5, 5.41) is 9.57. The van der Waals surface area contributed by atoms with Gasteiger partial charge in [0.15, 0.2) is 21.8 Å². The molecule has 0 bridgehead atoms. The van der Waals surface area contributed by atoms with Crippen molar-refractivity contribution in [3.05, 3.63) is 63.5 Å². The normalized spacial score (nSPS) is 24.3. The van der Waals surface area contributed by atoms with E-state index in [9.17, 15) is 27.3 Å². The molecule has 33 heavy (non-hydrogen) atoms. The van der Waals surface area contributed by atoms with Gasteiger partial charge in [-0.1, -0.05) is 6.07 Å². The topological polar surface area (TPSA) is 93.5 Å². The van der Waals surface area contributed by atoms with E-state index in [0.29, 0.717) is 11.1 Å². The number of hydrogen-bond donors (Lipinski definition) is 0. The van der Waals surface area contributed by atoms with Gasteiger partial charge in [0, 0.05) is 36.8 Å². The van der Waals surface area contributed by atoms with E-state index < -0.39 is 45.8 Å². The summed E-state index contributed by atoms with van der Waals surface area (Å²) in [5.41, 5.74) is 0.606. The fourth-order valence-electron chi connectivity index (χ4n) is 4.83. The standard InChI is InChI=1S/C23H20F3NO5S/c1-31-10-32-23-18(26)8-15-13(3-4-19(21(15)23)33(2,29)30)14-7-17(25)22(28)16-6-12(24)5-11(9-27)20(14)16/h3-6,14,17-18,23H,7-8,10H2,1-2H3/t14-,17+,18-,23-/m1/s1. The van der Waals surface area contributed by atoms with E-state index in [1.165, 1.54) is 19.2 Å². The molecule has 0 saturated carbocycles. The van der Waals surface area contributed by atoms with Crippen molar-refractivity contribution < 1.29 is 35.9 Å². The molecular formula is C23H20F3NO5S. The lowest BCUT2D eigenvalue weighted by Crippen LogP contribution is -2.29. The van der Waals surface area contributed by atoms with Crippen molar-refractivity contribution in [1.82, 2.24) is 0 Å². The smallest absolute Gasteiger partial charge is 0.197 e. The Morgan fingerprint density at radius 3 is 2.58 bits per heavy atom. The van der Waals surface area contributed by atoms with Crippen LogP contribution in [0.5, 0.6) is 0 Å². The Bertz CT molecular complexity index is 1290. The minimum Gasteiger partial charge on any atom is -0.359 e. The molecule has 4 rings (SSSR count). The number of ether oxygens (including phenoxy) is 2. The number of Topliss-reactive ketones (excluding diaryl/α,β-unsaturated/α-hetero) is 1. The number of nitriles is 1. The van der Waals surface area contributed by atoms with Crippen molar-refractivity contribution >= 4 is 15.6 Å². The predicted octanol–water partition coefficient (Wildman–Crippen LogP) is 3.71. The molecule has 174 valence electrons. The molecule has 6 nitrogen and oxygen atoms in total. The van der Waals surface area contributed by atoms with E-state index in [4.69, 9.17) is 9.47 Å². The van der Waals surface area contributed by atoms with Crippen LogP contribution in [0.4, 0.5) is 13.2 Å². The van der Waals surface area contributed by atoms with Gasteiger partial charge in [-0.15, -0.1) is 0 Å². The summed E-state index contributed by atoms with van der Waals surface area (Å²) < 4.78 is 79.0. The number of methoxy groups -OCH3 is 1. The molecule has 0 saturated heterocycles. The first-order chi connectivity index (χ1) is 15.6. The van der Waals surface area contributed by atoms with Crippen LogP contribution in [0.1, 0.15) is 56.6 Å². The molecule has 2 aromatic carbocycles. The second-order valence-corrected chi connectivity index (χ2v) is 10.2. The first kappa shape index (κ1) is 23.4. The number of alkyl halides is 2.